The molecule has 1 fully saturated rings. The molecule has 0 saturated carbocycles. The van der Waals surface area contributed by atoms with Crippen molar-refractivity contribution < 1.29 is 41.0 Å². The molecule has 22 heavy (non-hydrogen) atoms. The molecule has 1 aromatic heterocycles. The molecule has 124 valence electrons. The average Bonchev–Trinajstić information content (AvgIpc) is 2.62. The van der Waals surface area contributed by atoms with Crippen molar-refractivity contribution in [3.05, 3.63) is 27.4 Å². The number of phosphoric ester groups is 1. The molecule has 0 radical (unpaired) electrons. The number of alkyl halides is 1. The molecular formula is C9H12FN2O8PS. The molecule has 1 saturated heterocycles. The number of phosphoric acid groups is 1. The highest BCUT2D eigenvalue weighted by Gasteiger charge is 2.57. The molecule has 0 unspecified atom stereocenters. The minimum Gasteiger partial charge on any atom is -0.385 e. The van der Waals surface area contributed by atoms with Crippen LogP contribution in [0.15, 0.2) is 17.1 Å². The number of ether oxygens (including phenoxy) is 1. The Morgan fingerprint density at radius 3 is 2.82 bits per heavy atom. The minimum absolute atomic E-state index is 0.0101. The van der Waals surface area contributed by atoms with Gasteiger partial charge >= 0.3 is 13.5 Å². The van der Waals surface area contributed by atoms with Crippen LogP contribution in [-0.4, -0.2) is 54.2 Å². The molecule has 13 heteroatoms. The van der Waals surface area contributed by atoms with Gasteiger partial charge in [-0.2, -0.15) is 0 Å². The van der Waals surface area contributed by atoms with E-state index in [2.05, 4.69) is 26.5 Å². The lowest BCUT2D eigenvalue weighted by atomic mass is 10.1. The standard InChI is InChI=1S/C9H12FN2O8PS/c10-9(3-19-21(16,17)18)6(14)5(13)7(20-9)12-2-1-4(22)11-8(12)15/h1-2,5-7,13-14H,3H2,(H,11,15,22)(H2,16,17,18)/t5-,6+,7-,9-/m1/s1/i3D2. The van der Waals surface area contributed by atoms with Crippen molar-refractivity contribution in [1.82, 2.24) is 9.55 Å². The molecule has 2 rings (SSSR count). The quantitative estimate of drug-likeness (QED) is 0.333. The summed E-state index contributed by atoms with van der Waals surface area (Å²) in [7, 11) is -5.51. The van der Waals surface area contributed by atoms with Crippen LogP contribution in [0.25, 0.3) is 0 Å². The van der Waals surface area contributed by atoms with Gasteiger partial charge in [0, 0.05) is 6.20 Å². The van der Waals surface area contributed by atoms with Gasteiger partial charge in [0.25, 0.3) is 5.85 Å². The van der Waals surface area contributed by atoms with Crippen LogP contribution < -0.4 is 5.69 Å². The van der Waals surface area contributed by atoms with Gasteiger partial charge in [-0.05, 0) is 6.07 Å². The third-order valence-corrected chi connectivity index (χ3v) is 3.28. The summed E-state index contributed by atoms with van der Waals surface area (Å²) >= 11 is 4.69. The van der Waals surface area contributed by atoms with E-state index in [0.29, 0.717) is 4.57 Å². The molecule has 0 aromatic carbocycles. The molecule has 0 amide bonds. The smallest absolute Gasteiger partial charge is 0.385 e. The highest BCUT2D eigenvalue weighted by Crippen LogP contribution is 2.43. The van der Waals surface area contributed by atoms with Crippen LogP contribution in [0.4, 0.5) is 4.39 Å². The van der Waals surface area contributed by atoms with E-state index in [1.54, 1.807) is 0 Å². The van der Waals surface area contributed by atoms with E-state index in [0.717, 1.165) is 6.20 Å². The Morgan fingerprint density at radius 1 is 1.64 bits per heavy atom. The number of aromatic nitrogens is 2. The summed E-state index contributed by atoms with van der Waals surface area (Å²) in [4.78, 5) is 31.2. The van der Waals surface area contributed by atoms with Gasteiger partial charge in [-0.1, -0.05) is 12.2 Å². The molecule has 5 N–H and O–H groups in total. The zero-order valence-electron chi connectivity index (χ0n) is 12.5. The lowest BCUT2D eigenvalue weighted by Gasteiger charge is -2.22. The van der Waals surface area contributed by atoms with E-state index in [1.807, 2.05) is 0 Å². The Morgan fingerprint density at radius 2 is 2.27 bits per heavy atom. The van der Waals surface area contributed by atoms with Gasteiger partial charge in [0.05, 0.1) is 2.74 Å². The topological polar surface area (TPSA) is 154 Å². The van der Waals surface area contributed by atoms with Crippen molar-refractivity contribution in [3.8, 4) is 0 Å². The maximum Gasteiger partial charge on any atom is 0.469 e. The maximum absolute atomic E-state index is 14.8. The zero-order valence-corrected chi connectivity index (χ0v) is 12.2. The predicted octanol–water partition coefficient (Wildman–Crippen LogP) is -1.07. The minimum atomic E-state index is -5.51. The summed E-state index contributed by atoms with van der Waals surface area (Å²) in [6.45, 7) is -3.85. The van der Waals surface area contributed by atoms with Gasteiger partial charge in [0.1, 0.15) is 23.4 Å². The first-order valence-corrected chi connectivity index (χ1v) is 7.53. The highest BCUT2D eigenvalue weighted by atomic mass is 32.1. The molecule has 10 nitrogen and oxygen atoms in total. The normalized spacial score (nSPS) is 34.3. The van der Waals surface area contributed by atoms with Crippen molar-refractivity contribution in [2.24, 2.45) is 0 Å². The number of aromatic amines is 1. The Labute approximate surface area is 129 Å². The van der Waals surface area contributed by atoms with Crippen molar-refractivity contribution in [2.45, 2.75) is 24.3 Å². The largest absolute Gasteiger partial charge is 0.469 e. The number of nitrogens with zero attached hydrogens (tertiary/aromatic N) is 1. The first-order valence-electron chi connectivity index (χ1n) is 6.59. The van der Waals surface area contributed by atoms with E-state index in [-0.39, 0.29) is 4.64 Å². The number of aliphatic hydroxyl groups is 2. The summed E-state index contributed by atoms with van der Waals surface area (Å²) in [6.07, 6.45) is -5.71. The van der Waals surface area contributed by atoms with Crippen LogP contribution in [0.2, 0.25) is 0 Å². The second-order valence-corrected chi connectivity index (χ2v) is 5.89. The lowest BCUT2D eigenvalue weighted by molar-refractivity contribution is -0.205. The Kier molecular flexibility index (Phi) is 3.92. The number of rotatable bonds is 4. The van der Waals surface area contributed by atoms with Gasteiger partial charge in [-0.25, -0.2) is 13.8 Å². The maximum atomic E-state index is 14.8. The molecule has 0 aliphatic carbocycles. The van der Waals surface area contributed by atoms with Crippen LogP contribution in [0, 0.1) is 4.64 Å². The van der Waals surface area contributed by atoms with Crippen LogP contribution in [0.1, 0.15) is 8.97 Å². The fraction of sp³-hybridized carbons (Fsp3) is 0.556. The highest BCUT2D eigenvalue weighted by molar-refractivity contribution is 7.71. The summed E-state index contributed by atoms with van der Waals surface area (Å²) in [5.74, 6) is -3.88. The number of halogens is 1. The molecular weight excluding hydrogens is 346 g/mol. The van der Waals surface area contributed by atoms with Crippen LogP contribution in [0.3, 0.4) is 0 Å². The molecule has 1 aliphatic rings. The summed E-state index contributed by atoms with van der Waals surface area (Å²) in [5, 5.41) is 19.6. The predicted molar refractivity (Wildman–Crippen MR) is 69.9 cm³/mol. The summed E-state index contributed by atoms with van der Waals surface area (Å²) in [5.41, 5.74) is -0.959. The molecule has 4 atom stereocenters. The lowest BCUT2D eigenvalue weighted by Crippen LogP contribution is -2.42. The number of H-pyrrole nitrogens is 1. The van der Waals surface area contributed by atoms with Crippen LogP contribution in [0.5, 0.6) is 0 Å². The average molecular weight is 360 g/mol. The van der Waals surface area contributed by atoms with Gasteiger partial charge in [-0.15, -0.1) is 0 Å². The summed E-state index contributed by atoms with van der Waals surface area (Å²) in [6, 6.07) is 1.18. The van der Waals surface area contributed by atoms with Gasteiger partial charge in [-0.3, -0.25) is 14.1 Å². The number of hydrogen-bond acceptors (Lipinski definition) is 7. The fourth-order valence-electron chi connectivity index (χ4n) is 1.75. The van der Waals surface area contributed by atoms with Crippen molar-refractivity contribution >= 4 is 20.0 Å². The Bertz CT molecular complexity index is 798. The SMILES string of the molecule is [2H]C([2H])(OP(=O)(O)O)[C@@]1(F)O[C@@H](n2ccc(=S)[nH]c2=O)[C@H](O)[C@@H]1O. The van der Waals surface area contributed by atoms with Gasteiger partial charge < -0.3 is 24.7 Å². The number of aliphatic hydroxyl groups excluding tert-OH is 2. The Hall–Kier alpha value is -0.980. The van der Waals surface area contributed by atoms with Crippen molar-refractivity contribution in [1.29, 1.82) is 0 Å². The third-order valence-electron chi connectivity index (χ3n) is 2.72. The first-order chi connectivity index (χ1) is 10.8. The van der Waals surface area contributed by atoms with Crippen molar-refractivity contribution in [2.75, 3.05) is 6.56 Å². The van der Waals surface area contributed by atoms with Gasteiger partial charge in [0.15, 0.2) is 6.23 Å². The van der Waals surface area contributed by atoms with E-state index in [9.17, 15) is 24.0 Å². The molecule has 0 bridgehead atoms. The van der Waals surface area contributed by atoms with E-state index < -0.39 is 44.4 Å². The van der Waals surface area contributed by atoms with E-state index in [1.165, 1.54) is 6.07 Å². The molecule has 0 spiro atoms. The van der Waals surface area contributed by atoms with Crippen molar-refractivity contribution in [3.63, 3.8) is 0 Å². The monoisotopic (exact) mass is 360 g/mol. The van der Waals surface area contributed by atoms with Crippen LogP contribution >= 0.6 is 20.0 Å². The van der Waals surface area contributed by atoms with E-state index >= 15 is 0 Å². The zero-order chi connectivity index (χ0) is 18.5. The number of nitrogens with one attached hydrogen (secondary N) is 1. The van der Waals surface area contributed by atoms with Crippen LogP contribution in [-0.2, 0) is 13.8 Å². The molecule has 1 aliphatic heterocycles. The molecule has 2 heterocycles. The van der Waals surface area contributed by atoms with Gasteiger partial charge in [0.2, 0.25) is 0 Å². The van der Waals surface area contributed by atoms with E-state index in [4.69, 9.17) is 12.5 Å². The fourth-order valence-corrected chi connectivity index (χ4v) is 2.14. The second kappa shape index (κ2) is 5.91. The second-order valence-electron chi connectivity index (χ2n) is 4.29. The molecule has 1 aromatic rings. The number of hydrogen-bond donors (Lipinski definition) is 5. The third kappa shape index (κ3) is 3.50. The Balaban J connectivity index is 2.44. The summed E-state index contributed by atoms with van der Waals surface area (Å²) < 4.78 is 49.0. The first kappa shape index (κ1) is 14.6.